The number of halogens is 1. The van der Waals surface area contributed by atoms with Gasteiger partial charge in [-0.3, -0.25) is 0 Å². The molecule has 6 rings (SSSR count). The lowest BCUT2D eigenvalue weighted by atomic mass is 9.73. The molecular formula is C33H32FN3O4. The van der Waals surface area contributed by atoms with E-state index in [0.29, 0.717) is 29.3 Å². The van der Waals surface area contributed by atoms with Crippen molar-refractivity contribution in [1.29, 1.82) is 0 Å². The maximum Gasteiger partial charge on any atom is 0.328 e. The largest absolute Gasteiger partial charge is 0.481 e. The predicted octanol–water partition coefficient (Wildman–Crippen LogP) is 7.14. The normalized spacial score (nSPS) is 18.3. The Bertz CT molecular complexity index is 1630. The number of carboxylic acid groups (broad SMARTS) is 1. The topological polar surface area (TPSA) is 86.5 Å². The highest BCUT2D eigenvalue weighted by atomic mass is 19.1. The summed E-state index contributed by atoms with van der Waals surface area (Å²) in [5, 5.41) is 13.7. The number of aromatic nitrogens is 3. The molecule has 2 aliphatic rings. The molecule has 41 heavy (non-hydrogen) atoms. The highest BCUT2D eigenvalue weighted by Gasteiger charge is 2.28. The first kappa shape index (κ1) is 26.9. The van der Waals surface area contributed by atoms with Crippen LogP contribution >= 0.6 is 0 Å². The minimum Gasteiger partial charge on any atom is -0.481 e. The molecule has 1 saturated heterocycles. The fraction of sp³-hybridized carbons (Fsp3) is 0.303. The molecule has 2 fully saturated rings. The van der Waals surface area contributed by atoms with Gasteiger partial charge in [0, 0.05) is 24.9 Å². The van der Waals surface area contributed by atoms with Crippen LogP contribution in [-0.2, 0) is 9.53 Å². The molecule has 0 spiro atoms. The maximum atomic E-state index is 15.4. The van der Waals surface area contributed by atoms with Crippen LogP contribution in [0.25, 0.3) is 28.1 Å². The molecule has 1 atom stereocenters. The van der Waals surface area contributed by atoms with Crippen molar-refractivity contribution in [2.75, 3.05) is 13.7 Å². The SMILES string of the molecule is COc1cc(/C(=C(\c2ccc(/C=C/C(=O)O)cc2)c2ccc3c(c2)c(F)nn3C2CCCCO2)C2CCC2)ccn1. The summed E-state index contributed by atoms with van der Waals surface area (Å²) in [5.74, 6) is -0.658. The number of ether oxygens (including phenoxy) is 2. The zero-order valence-electron chi connectivity index (χ0n) is 22.9. The number of hydrogen-bond acceptors (Lipinski definition) is 5. The number of carbonyl (C=O) groups is 1. The highest BCUT2D eigenvalue weighted by molar-refractivity contribution is 6.01. The summed E-state index contributed by atoms with van der Waals surface area (Å²) in [5.41, 5.74) is 6.50. The molecule has 2 aromatic heterocycles. The van der Waals surface area contributed by atoms with Gasteiger partial charge in [0.15, 0.2) is 6.23 Å². The standard InChI is InChI=1S/C33H32FN3O4/c1-40-28-20-25(16-17-35-28)31(22-5-4-6-22)32(23-11-8-21(9-12-23)10-15-30(38)39)24-13-14-27-26(19-24)33(34)36-37(27)29-7-2-3-18-41-29/h8-17,19-20,22,29H,2-7,18H2,1H3,(H,38,39)/b15-10+,32-31+. The van der Waals surface area contributed by atoms with Gasteiger partial charge in [-0.25, -0.2) is 14.5 Å². The summed E-state index contributed by atoms with van der Waals surface area (Å²) >= 11 is 0. The van der Waals surface area contributed by atoms with Crippen LogP contribution in [-0.4, -0.2) is 39.6 Å². The van der Waals surface area contributed by atoms with Gasteiger partial charge in [0.2, 0.25) is 11.8 Å². The summed E-state index contributed by atoms with van der Waals surface area (Å²) in [6, 6.07) is 17.6. The van der Waals surface area contributed by atoms with Crippen molar-refractivity contribution in [3.8, 4) is 5.88 Å². The average molecular weight is 554 g/mol. The second-order valence-corrected chi connectivity index (χ2v) is 10.6. The van der Waals surface area contributed by atoms with Crippen molar-refractivity contribution in [3.63, 3.8) is 0 Å². The molecule has 1 aliphatic carbocycles. The van der Waals surface area contributed by atoms with Gasteiger partial charge in [-0.15, -0.1) is 5.10 Å². The van der Waals surface area contributed by atoms with E-state index < -0.39 is 11.9 Å². The summed E-state index contributed by atoms with van der Waals surface area (Å²) in [6.07, 6.45) is 10.3. The molecule has 1 N–H and O–H groups in total. The van der Waals surface area contributed by atoms with Crippen molar-refractivity contribution in [3.05, 3.63) is 95.1 Å². The number of benzene rings is 2. The number of fused-ring (bicyclic) bond motifs is 1. The Morgan fingerprint density at radius 3 is 2.51 bits per heavy atom. The number of pyridine rings is 1. The first-order chi connectivity index (χ1) is 20.0. The van der Waals surface area contributed by atoms with Gasteiger partial charge in [-0.1, -0.05) is 36.8 Å². The third-order valence-corrected chi connectivity index (χ3v) is 8.03. The zero-order chi connectivity index (χ0) is 28.3. The van der Waals surface area contributed by atoms with E-state index in [1.165, 1.54) is 0 Å². The van der Waals surface area contributed by atoms with E-state index in [2.05, 4.69) is 10.1 Å². The fourth-order valence-electron chi connectivity index (χ4n) is 5.77. The average Bonchev–Trinajstić information content (AvgIpc) is 3.31. The summed E-state index contributed by atoms with van der Waals surface area (Å²) in [6.45, 7) is 0.649. The maximum absolute atomic E-state index is 15.4. The van der Waals surface area contributed by atoms with Crippen LogP contribution in [0.2, 0.25) is 0 Å². The highest BCUT2D eigenvalue weighted by Crippen LogP contribution is 2.46. The van der Waals surface area contributed by atoms with Crippen LogP contribution in [0, 0.1) is 11.9 Å². The molecular weight excluding hydrogens is 521 g/mol. The van der Waals surface area contributed by atoms with Gasteiger partial charge in [-0.05, 0) is 95.7 Å². The summed E-state index contributed by atoms with van der Waals surface area (Å²) in [7, 11) is 1.60. The van der Waals surface area contributed by atoms with Crippen LogP contribution in [0.3, 0.4) is 0 Å². The van der Waals surface area contributed by atoms with Crippen LogP contribution < -0.4 is 4.74 Å². The number of hydrogen-bond donors (Lipinski definition) is 1. The third-order valence-electron chi connectivity index (χ3n) is 8.03. The van der Waals surface area contributed by atoms with Gasteiger partial charge >= 0.3 is 5.97 Å². The number of allylic oxidation sites excluding steroid dienone is 1. The number of methoxy groups -OCH3 is 1. The zero-order valence-corrected chi connectivity index (χ0v) is 22.9. The number of carboxylic acids is 1. The van der Waals surface area contributed by atoms with Crippen LogP contribution in [0.15, 0.2) is 66.9 Å². The molecule has 2 aromatic carbocycles. The van der Waals surface area contributed by atoms with Crippen molar-refractivity contribution in [1.82, 2.24) is 14.8 Å². The molecule has 1 saturated carbocycles. The van der Waals surface area contributed by atoms with Gasteiger partial charge in [-0.2, -0.15) is 4.39 Å². The van der Waals surface area contributed by atoms with Crippen molar-refractivity contribution < 1.29 is 23.8 Å². The molecule has 210 valence electrons. The van der Waals surface area contributed by atoms with E-state index in [0.717, 1.165) is 78.0 Å². The lowest BCUT2D eigenvalue weighted by molar-refractivity contribution is -0.131. The number of rotatable bonds is 8. The number of aliphatic carboxylic acids is 1. The van der Waals surface area contributed by atoms with Gasteiger partial charge < -0.3 is 14.6 Å². The van der Waals surface area contributed by atoms with E-state index >= 15 is 4.39 Å². The Kier molecular flexibility index (Phi) is 7.65. The molecule has 1 unspecified atom stereocenters. The molecule has 8 heteroatoms. The van der Waals surface area contributed by atoms with E-state index in [1.54, 1.807) is 24.1 Å². The molecule has 0 amide bonds. The first-order valence-corrected chi connectivity index (χ1v) is 14.1. The lowest BCUT2D eigenvalue weighted by Crippen LogP contribution is -2.19. The molecule has 3 heterocycles. The van der Waals surface area contributed by atoms with E-state index in [-0.39, 0.29) is 6.23 Å². The Morgan fingerprint density at radius 1 is 1.02 bits per heavy atom. The third kappa shape index (κ3) is 5.52. The minimum atomic E-state index is -0.997. The predicted molar refractivity (Wildman–Crippen MR) is 156 cm³/mol. The Hall–Kier alpha value is -4.30. The molecule has 7 nitrogen and oxygen atoms in total. The van der Waals surface area contributed by atoms with Crippen LogP contribution in [0.5, 0.6) is 5.88 Å². The van der Waals surface area contributed by atoms with Crippen LogP contribution in [0.1, 0.15) is 67.0 Å². The minimum absolute atomic E-state index is 0.266. The molecule has 1 aliphatic heterocycles. The fourth-order valence-corrected chi connectivity index (χ4v) is 5.77. The summed E-state index contributed by atoms with van der Waals surface area (Å²) < 4.78 is 28.4. The van der Waals surface area contributed by atoms with Gasteiger partial charge in [0.05, 0.1) is 18.0 Å². The van der Waals surface area contributed by atoms with E-state index in [1.807, 2.05) is 54.6 Å². The van der Waals surface area contributed by atoms with E-state index in [4.69, 9.17) is 14.6 Å². The Labute approximate surface area is 237 Å². The number of nitrogens with zero attached hydrogens (tertiary/aromatic N) is 3. The van der Waals surface area contributed by atoms with Crippen molar-refractivity contribution >= 4 is 34.1 Å². The smallest absolute Gasteiger partial charge is 0.328 e. The molecule has 0 bridgehead atoms. The first-order valence-electron chi connectivity index (χ1n) is 14.1. The second kappa shape index (κ2) is 11.7. The second-order valence-electron chi connectivity index (χ2n) is 10.6. The Balaban J connectivity index is 1.54. The van der Waals surface area contributed by atoms with Crippen molar-refractivity contribution in [2.24, 2.45) is 5.92 Å². The van der Waals surface area contributed by atoms with Gasteiger partial charge in [0.25, 0.3) is 0 Å². The van der Waals surface area contributed by atoms with Crippen molar-refractivity contribution in [2.45, 2.75) is 44.8 Å². The monoisotopic (exact) mass is 553 g/mol. The lowest BCUT2D eigenvalue weighted by Gasteiger charge is -2.31. The van der Waals surface area contributed by atoms with Crippen LogP contribution in [0.4, 0.5) is 4.39 Å². The van der Waals surface area contributed by atoms with Gasteiger partial charge in [0.1, 0.15) is 0 Å². The quantitative estimate of drug-likeness (QED) is 0.234. The summed E-state index contributed by atoms with van der Waals surface area (Å²) in [4.78, 5) is 15.3. The van der Waals surface area contributed by atoms with E-state index in [9.17, 15) is 4.79 Å². The molecule has 4 aromatic rings. The molecule has 0 radical (unpaired) electrons. The Morgan fingerprint density at radius 2 is 1.83 bits per heavy atom.